The van der Waals surface area contributed by atoms with Crippen molar-refractivity contribution < 1.29 is 13.9 Å². The van der Waals surface area contributed by atoms with Gasteiger partial charge in [-0.05, 0) is 38.1 Å². The van der Waals surface area contributed by atoms with Crippen molar-refractivity contribution in [2.75, 3.05) is 20.2 Å². The first-order valence-corrected chi connectivity index (χ1v) is 8.71. The summed E-state index contributed by atoms with van der Waals surface area (Å²) in [6, 6.07) is 8.84. The van der Waals surface area contributed by atoms with Crippen LogP contribution in [0, 0.1) is 5.82 Å². The van der Waals surface area contributed by atoms with E-state index in [0.717, 1.165) is 37.1 Å². The van der Waals surface area contributed by atoms with Gasteiger partial charge in [0.25, 0.3) is 0 Å². The number of piperidine rings is 1. The molecule has 0 unspecified atom stereocenters. The van der Waals surface area contributed by atoms with Gasteiger partial charge >= 0.3 is 0 Å². The van der Waals surface area contributed by atoms with Crippen LogP contribution in [0.25, 0.3) is 22.0 Å². The molecule has 0 radical (unpaired) electrons. The highest BCUT2D eigenvalue weighted by molar-refractivity contribution is 5.96. The summed E-state index contributed by atoms with van der Waals surface area (Å²) in [4.78, 5) is 8.61. The fraction of sp³-hybridized carbons (Fsp3) is 0.300. The number of hydrogen-bond donors (Lipinski definition) is 1. The van der Waals surface area contributed by atoms with Gasteiger partial charge in [-0.1, -0.05) is 12.1 Å². The van der Waals surface area contributed by atoms with Crippen molar-refractivity contribution in [3.63, 3.8) is 0 Å². The van der Waals surface area contributed by atoms with Crippen LogP contribution >= 0.6 is 0 Å². The highest BCUT2D eigenvalue weighted by atomic mass is 19.1. The van der Waals surface area contributed by atoms with Crippen molar-refractivity contribution in [1.29, 1.82) is 0 Å². The Morgan fingerprint density at radius 2 is 1.96 bits per heavy atom. The Morgan fingerprint density at radius 1 is 1.12 bits per heavy atom. The summed E-state index contributed by atoms with van der Waals surface area (Å²) in [5.74, 6) is 0.635. The molecule has 0 amide bonds. The maximum Gasteiger partial charge on any atom is 0.215 e. The van der Waals surface area contributed by atoms with Crippen LogP contribution in [-0.2, 0) is 0 Å². The zero-order chi connectivity index (χ0) is 17.9. The first kappa shape index (κ1) is 16.7. The van der Waals surface area contributed by atoms with E-state index in [0.29, 0.717) is 16.6 Å². The Morgan fingerprint density at radius 3 is 2.73 bits per heavy atom. The van der Waals surface area contributed by atoms with Gasteiger partial charge in [0.15, 0.2) is 0 Å². The number of benzene rings is 1. The Kier molecular flexibility index (Phi) is 4.67. The molecule has 5 nitrogen and oxygen atoms in total. The lowest BCUT2D eigenvalue weighted by Gasteiger charge is -2.24. The van der Waals surface area contributed by atoms with Gasteiger partial charge in [0.1, 0.15) is 17.7 Å². The fourth-order valence-electron chi connectivity index (χ4n) is 3.29. The molecule has 1 fully saturated rings. The van der Waals surface area contributed by atoms with Crippen molar-refractivity contribution in [2.24, 2.45) is 0 Å². The SMILES string of the molecule is COc1cc(F)c(-c2cccc3c(OC4CCNCC4)ccnc23)cn1. The molecule has 0 atom stereocenters. The number of nitrogens with zero attached hydrogens (tertiary/aromatic N) is 2. The number of pyridine rings is 2. The molecule has 0 aliphatic carbocycles. The highest BCUT2D eigenvalue weighted by Gasteiger charge is 2.18. The van der Waals surface area contributed by atoms with Crippen molar-refractivity contribution in [3.05, 3.63) is 48.5 Å². The quantitative estimate of drug-likeness (QED) is 0.777. The van der Waals surface area contributed by atoms with E-state index in [1.54, 1.807) is 6.20 Å². The molecule has 1 saturated heterocycles. The predicted molar refractivity (Wildman–Crippen MR) is 98.0 cm³/mol. The van der Waals surface area contributed by atoms with Gasteiger partial charge in [0, 0.05) is 35.0 Å². The van der Waals surface area contributed by atoms with Crippen molar-refractivity contribution in [3.8, 4) is 22.8 Å². The summed E-state index contributed by atoms with van der Waals surface area (Å²) in [6.07, 6.45) is 5.31. The van der Waals surface area contributed by atoms with Crippen LogP contribution in [0.5, 0.6) is 11.6 Å². The van der Waals surface area contributed by atoms with Crippen molar-refractivity contribution in [2.45, 2.75) is 18.9 Å². The Bertz CT molecular complexity index is 926. The average Bonchev–Trinajstić information content (AvgIpc) is 2.69. The number of rotatable bonds is 4. The molecule has 6 heteroatoms. The molecule has 134 valence electrons. The van der Waals surface area contributed by atoms with Crippen molar-refractivity contribution in [1.82, 2.24) is 15.3 Å². The van der Waals surface area contributed by atoms with Crippen LogP contribution < -0.4 is 14.8 Å². The number of ether oxygens (including phenoxy) is 2. The Balaban J connectivity index is 1.76. The van der Waals surface area contributed by atoms with Crippen LogP contribution in [0.15, 0.2) is 42.7 Å². The predicted octanol–water partition coefficient (Wildman–Crippen LogP) is 3.58. The van der Waals surface area contributed by atoms with Gasteiger partial charge in [-0.15, -0.1) is 0 Å². The third-order valence-corrected chi connectivity index (χ3v) is 4.64. The van der Waals surface area contributed by atoms with E-state index in [2.05, 4.69) is 15.3 Å². The Hall–Kier alpha value is -2.73. The minimum Gasteiger partial charge on any atom is -0.490 e. The molecule has 3 aromatic rings. The molecule has 4 rings (SSSR count). The van der Waals surface area contributed by atoms with Gasteiger partial charge in [-0.3, -0.25) is 4.98 Å². The normalized spacial score (nSPS) is 15.2. The summed E-state index contributed by atoms with van der Waals surface area (Å²) in [5.41, 5.74) is 1.78. The number of para-hydroxylation sites is 1. The summed E-state index contributed by atoms with van der Waals surface area (Å²) in [7, 11) is 1.46. The van der Waals surface area contributed by atoms with Gasteiger partial charge in [0.2, 0.25) is 5.88 Å². The third-order valence-electron chi connectivity index (χ3n) is 4.64. The minimum atomic E-state index is -0.393. The molecule has 1 aliphatic heterocycles. The first-order chi connectivity index (χ1) is 12.8. The van der Waals surface area contributed by atoms with Crippen LogP contribution in [0.2, 0.25) is 0 Å². The monoisotopic (exact) mass is 353 g/mol. The Labute approximate surface area is 151 Å². The zero-order valence-corrected chi connectivity index (χ0v) is 14.5. The number of hydrogen-bond acceptors (Lipinski definition) is 5. The number of halogens is 1. The lowest BCUT2D eigenvalue weighted by Crippen LogP contribution is -2.34. The average molecular weight is 353 g/mol. The highest BCUT2D eigenvalue weighted by Crippen LogP contribution is 2.34. The molecule has 0 saturated carbocycles. The van der Waals surface area contributed by atoms with Gasteiger partial charge < -0.3 is 14.8 Å². The van der Waals surface area contributed by atoms with Crippen LogP contribution in [-0.4, -0.2) is 36.3 Å². The lowest BCUT2D eigenvalue weighted by molar-refractivity contribution is 0.164. The maximum absolute atomic E-state index is 14.5. The maximum atomic E-state index is 14.5. The number of fused-ring (bicyclic) bond motifs is 1. The van der Waals surface area contributed by atoms with Gasteiger partial charge in [-0.2, -0.15) is 0 Å². The van der Waals surface area contributed by atoms with E-state index in [-0.39, 0.29) is 12.0 Å². The molecule has 26 heavy (non-hydrogen) atoms. The molecule has 1 aromatic carbocycles. The van der Waals surface area contributed by atoms with Crippen LogP contribution in [0.1, 0.15) is 12.8 Å². The number of methoxy groups -OCH3 is 1. The molecule has 0 bridgehead atoms. The number of aromatic nitrogens is 2. The van der Waals surface area contributed by atoms with E-state index in [1.165, 1.54) is 19.4 Å². The minimum absolute atomic E-state index is 0.185. The van der Waals surface area contributed by atoms with E-state index >= 15 is 0 Å². The largest absolute Gasteiger partial charge is 0.490 e. The standard InChI is InChI=1S/C20H20FN3O2/c1-25-19-11-17(21)16(12-24-19)14-3-2-4-15-18(7-10-23-20(14)15)26-13-5-8-22-9-6-13/h2-4,7,10-13,22H,5-6,8-9H2,1H3. The van der Waals surface area contributed by atoms with Gasteiger partial charge in [-0.25, -0.2) is 9.37 Å². The summed E-state index contributed by atoms with van der Waals surface area (Å²) in [6.45, 7) is 1.92. The third kappa shape index (κ3) is 3.20. The zero-order valence-electron chi connectivity index (χ0n) is 14.5. The summed E-state index contributed by atoms with van der Waals surface area (Å²) in [5, 5.41) is 4.21. The number of nitrogens with one attached hydrogen (secondary N) is 1. The molecule has 1 aliphatic rings. The van der Waals surface area contributed by atoms with E-state index in [4.69, 9.17) is 9.47 Å². The molecular formula is C20H20FN3O2. The summed E-state index contributed by atoms with van der Waals surface area (Å²) >= 11 is 0. The summed E-state index contributed by atoms with van der Waals surface area (Å²) < 4.78 is 25.7. The fourth-order valence-corrected chi connectivity index (χ4v) is 3.29. The second-order valence-corrected chi connectivity index (χ2v) is 6.28. The van der Waals surface area contributed by atoms with Crippen molar-refractivity contribution >= 4 is 10.9 Å². The molecule has 0 spiro atoms. The van der Waals surface area contributed by atoms with Gasteiger partial charge in [0.05, 0.1) is 12.6 Å². The molecular weight excluding hydrogens is 333 g/mol. The molecule has 2 aromatic heterocycles. The topological polar surface area (TPSA) is 56.3 Å². The van der Waals surface area contributed by atoms with Crippen LogP contribution in [0.3, 0.4) is 0 Å². The lowest BCUT2D eigenvalue weighted by atomic mass is 10.0. The van der Waals surface area contributed by atoms with E-state index in [1.807, 2.05) is 24.3 Å². The van der Waals surface area contributed by atoms with Crippen LogP contribution in [0.4, 0.5) is 4.39 Å². The molecule has 1 N–H and O–H groups in total. The second-order valence-electron chi connectivity index (χ2n) is 6.28. The van der Waals surface area contributed by atoms with E-state index < -0.39 is 5.82 Å². The molecule has 3 heterocycles. The smallest absolute Gasteiger partial charge is 0.215 e. The van der Waals surface area contributed by atoms with E-state index in [9.17, 15) is 4.39 Å². The first-order valence-electron chi connectivity index (χ1n) is 8.71. The second kappa shape index (κ2) is 7.25.